The lowest BCUT2D eigenvalue weighted by Crippen LogP contribution is -2.46. The van der Waals surface area contributed by atoms with Crippen molar-refractivity contribution in [3.8, 4) is 0 Å². The molecule has 1 saturated heterocycles. The maximum Gasteiger partial charge on any atom is 0.241 e. The van der Waals surface area contributed by atoms with Crippen LogP contribution in [-0.4, -0.2) is 30.4 Å². The molecular formula is C14H17N3O2. The third kappa shape index (κ3) is 2.61. The Bertz CT molecular complexity index is 515. The number of aryl methyl sites for hydroxylation is 1. The Labute approximate surface area is 111 Å². The fourth-order valence-electron chi connectivity index (χ4n) is 2.68. The molecule has 2 atom stereocenters. The summed E-state index contributed by atoms with van der Waals surface area (Å²) in [5.74, 6) is 0.0408. The van der Waals surface area contributed by atoms with Crippen molar-refractivity contribution in [2.75, 3.05) is 11.9 Å². The normalized spacial score (nSPS) is 26.3. The Morgan fingerprint density at radius 3 is 2.84 bits per heavy atom. The van der Waals surface area contributed by atoms with Crippen molar-refractivity contribution < 1.29 is 9.59 Å². The van der Waals surface area contributed by atoms with E-state index in [1.54, 1.807) is 0 Å². The highest BCUT2D eigenvalue weighted by Crippen LogP contribution is 2.21. The summed E-state index contributed by atoms with van der Waals surface area (Å²) in [6, 6.07) is 7.70. The van der Waals surface area contributed by atoms with Crippen molar-refractivity contribution in [3.63, 3.8) is 0 Å². The predicted octanol–water partition coefficient (Wildman–Crippen LogP) is 0.418. The smallest absolute Gasteiger partial charge is 0.241 e. The molecule has 0 radical (unpaired) electrons. The van der Waals surface area contributed by atoms with Gasteiger partial charge in [0.15, 0.2) is 0 Å². The van der Waals surface area contributed by atoms with E-state index < -0.39 is 0 Å². The first-order valence-corrected chi connectivity index (χ1v) is 6.64. The maximum atomic E-state index is 12.2. The number of para-hydroxylation sites is 1. The number of carbonyl (C=O) groups excluding carboxylic acids is 2. The highest BCUT2D eigenvalue weighted by Gasteiger charge is 2.29. The molecule has 0 aliphatic carbocycles. The lowest BCUT2D eigenvalue weighted by molar-refractivity contribution is -0.120. The number of rotatable bonds is 2. The van der Waals surface area contributed by atoms with Gasteiger partial charge in [0.1, 0.15) is 0 Å². The molecular weight excluding hydrogens is 242 g/mol. The van der Waals surface area contributed by atoms with Gasteiger partial charge < -0.3 is 16.0 Å². The number of hydrogen-bond donors (Lipinski definition) is 3. The first-order valence-electron chi connectivity index (χ1n) is 6.64. The lowest BCUT2D eigenvalue weighted by Gasteiger charge is -2.19. The summed E-state index contributed by atoms with van der Waals surface area (Å²) in [5, 5.41) is 9.00. The molecule has 19 heavy (non-hydrogen) atoms. The van der Waals surface area contributed by atoms with Crippen LogP contribution in [0.25, 0.3) is 0 Å². The SMILES string of the molecule is O=C1CC(NC2CCc3ccccc3NC2=O)CN1. The lowest BCUT2D eigenvalue weighted by atomic mass is 10.1. The zero-order valence-corrected chi connectivity index (χ0v) is 10.6. The van der Waals surface area contributed by atoms with Crippen LogP contribution in [0.5, 0.6) is 0 Å². The van der Waals surface area contributed by atoms with E-state index in [2.05, 4.69) is 16.0 Å². The zero-order valence-electron chi connectivity index (χ0n) is 10.6. The number of anilines is 1. The van der Waals surface area contributed by atoms with Crippen molar-refractivity contribution >= 4 is 17.5 Å². The van der Waals surface area contributed by atoms with E-state index in [0.717, 1.165) is 18.5 Å². The van der Waals surface area contributed by atoms with Gasteiger partial charge in [-0.2, -0.15) is 0 Å². The van der Waals surface area contributed by atoms with E-state index in [0.29, 0.717) is 13.0 Å². The van der Waals surface area contributed by atoms with Gasteiger partial charge in [-0.15, -0.1) is 0 Å². The van der Waals surface area contributed by atoms with E-state index in [4.69, 9.17) is 0 Å². The number of nitrogens with one attached hydrogen (secondary N) is 3. The monoisotopic (exact) mass is 259 g/mol. The molecule has 1 fully saturated rings. The number of fused-ring (bicyclic) bond motifs is 1. The van der Waals surface area contributed by atoms with E-state index in [1.165, 1.54) is 5.56 Å². The van der Waals surface area contributed by atoms with Crippen LogP contribution in [0.1, 0.15) is 18.4 Å². The highest BCUT2D eigenvalue weighted by atomic mass is 16.2. The van der Waals surface area contributed by atoms with Crippen LogP contribution in [-0.2, 0) is 16.0 Å². The quantitative estimate of drug-likeness (QED) is 0.721. The number of carbonyl (C=O) groups is 2. The second kappa shape index (κ2) is 5.01. The molecule has 3 rings (SSSR count). The summed E-state index contributed by atoms with van der Waals surface area (Å²) in [4.78, 5) is 23.3. The molecule has 5 heteroatoms. The molecule has 2 aliphatic rings. The largest absolute Gasteiger partial charge is 0.354 e. The third-order valence-electron chi connectivity index (χ3n) is 3.71. The first-order chi connectivity index (χ1) is 9.22. The van der Waals surface area contributed by atoms with Gasteiger partial charge in [0.25, 0.3) is 0 Å². The molecule has 1 aromatic carbocycles. The maximum absolute atomic E-state index is 12.2. The average molecular weight is 259 g/mol. The van der Waals surface area contributed by atoms with Gasteiger partial charge in [0.05, 0.1) is 6.04 Å². The summed E-state index contributed by atoms with van der Waals surface area (Å²) >= 11 is 0. The van der Waals surface area contributed by atoms with Crippen molar-refractivity contribution in [1.82, 2.24) is 10.6 Å². The summed E-state index contributed by atoms with van der Waals surface area (Å²) < 4.78 is 0. The van der Waals surface area contributed by atoms with E-state index >= 15 is 0 Å². The van der Waals surface area contributed by atoms with Crippen molar-refractivity contribution in [2.24, 2.45) is 0 Å². The number of hydrogen-bond acceptors (Lipinski definition) is 3. The Morgan fingerprint density at radius 1 is 1.21 bits per heavy atom. The van der Waals surface area contributed by atoms with Gasteiger partial charge in [0, 0.05) is 24.7 Å². The van der Waals surface area contributed by atoms with E-state index in [1.807, 2.05) is 24.3 Å². The minimum Gasteiger partial charge on any atom is -0.354 e. The Balaban J connectivity index is 1.69. The van der Waals surface area contributed by atoms with E-state index in [9.17, 15) is 9.59 Å². The van der Waals surface area contributed by atoms with Crippen molar-refractivity contribution in [1.29, 1.82) is 0 Å². The fraction of sp³-hybridized carbons (Fsp3) is 0.429. The zero-order chi connectivity index (χ0) is 13.2. The molecule has 0 saturated carbocycles. The van der Waals surface area contributed by atoms with Crippen LogP contribution in [0.2, 0.25) is 0 Å². The van der Waals surface area contributed by atoms with Crippen molar-refractivity contribution in [3.05, 3.63) is 29.8 Å². The van der Waals surface area contributed by atoms with Crippen LogP contribution < -0.4 is 16.0 Å². The molecule has 2 heterocycles. The van der Waals surface area contributed by atoms with Gasteiger partial charge in [-0.25, -0.2) is 0 Å². The summed E-state index contributed by atoms with van der Waals surface area (Å²) in [5.41, 5.74) is 2.07. The Morgan fingerprint density at radius 2 is 2.05 bits per heavy atom. The topological polar surface area (TPSA) is 70.2 Å². The molecule has 2 aliphatic heterocycles. The first kappa shape index (κ1) is 12.2. The summed E-state index contributed by atoms with van der Waals surface area (Å²) in [6.07, 6.45) is 2.07. The van der Waals surface area contributed by atoms with Crippen LogP contribution in [0.15, 0.2) is 24.3 Å². The van der Waals surface area contributed by atoms with Gasteiger partial charge >= 0.3 is 0 Å². The van der Waals surface area contributed by atoms with Gasteiger partial charge in [-0.1, -0.05) is 18.2 Å². The Hall–Kier alpha value is -1.88. The van der Waals surface area contributed by atoms with Crippen LogP contribution in [0.3, 0.4) is 0 Å². The molecule has 2 unspecified atom stereocenters. The standard InChI is InChI=1S/C14H17N3O2/c18-13-7-10(8-15-13)16-12-6-5-9-3-1-2-4-11(9)17-14(12)19/h1-4,10,12,16H,5-8H2,(H,15,18)(H,17,19). The fourth-order valence-corrected chi connectivity index (χ4v) is 2.68. The second-order valence-electron chi connectivity index (χ2n) is 5.11. The predicted molar refractivity (Wildman–Crippen MR) is 71.7 cm³/mol. The summed E-state index contributed by atoms with van der Waals surface area (Å²) in [7, 11) is 0. The van der Waals surface area contributed by atoms with Crippen LogP contribution in [0, 0.1) is 0 Å². The van der Waals surface area contributed by atoms with Crippen LogP contribution in [0.4, 0.5) is 5.69 Å². The summed E-state index contributed by atoms with van der Waals surface area (Å²) in [6.45, 7) is 0.607. The minimum absolute atomic E-state index is 0.00991. The number of benzene rings is 1. The minimum atomic E-state index is -0.231. The van der Waals surface area contributed by atoms with Crippen LogP contribution >= 0.6 is 0 Å². The molecule has 2 amide bonds. The average Bonchev–Trinajstić information content (AvgIpc) is 2.74. The molecule has 100 valence electrons. The third-order valence-corrected chi connectivity index (χ3v) is 3.71. The van der Waals surface area contributed by atoms with Gasteiger partial charge in [0.2, 0.25) is 11.8 Å². The van der Waals surface area contributed by atoms with Gasteiger partial charge in [-0.05, 0) is 24.5 Å². The van der Waals surface area contributed by atoms with Gasteiger partial charge in [-0.3, -0.25) is 9.59 Å². The molecule has 3 N–H and O–H groups in total. The molecule has 0 aromatic heterocycles. The van der Waals surface area contributed by atoms with E-state index in [-0.39, 0.29) is 23.9 Å². The highest BCUT2D eigenvalue weighted by molar-refractivity contribution is 5.96. The molecule has 1 aromatic rings. The molecule has 0 spiro atoms. The second-order valence-corrected chi connectivity index (χ2v) is 5.11. The molecule has 5 nitrogen and oxygen atoms in total. The van der Waals surface area contributed by atoms with Crippen molar-refractivity contribution in [2.45, 2.75) is 31.3 Å². The Kier molecular flexibility index (Phi) is 3.21. The molecule has 0 bridgehead atoms. The number of amides is 2.